The van der Waals surface area contributed by atoms with E-state index in [0.29, 0.717) is 0 Å². The van der Waals surface area contributed by atoms with Crippen molar-refractivity contribution in [2.75, 3.05) is 31.5 Å². The van der Waals surface area contributed by atoms with Gasteiger partial charge in [0.25, 0.3) is 0 Å². The Morgan fingerprint density at radius 2 is 2.12 bits per heavy atom. The topological polar surface area (TPSA) is 71.3 Å². The third kappa shape index (κ3) is 4.36. The van der Waals surface area contributed by atoms with Crippen molar-refractivity contribution >= 4 is 11.5 Å². The molecule has 6 nitrogen and oxygen atoms in total. The van der Waals surface area contributed by atoms with Crippen LogP contribution in [0.2, 0.25) is 0 Å². The lowest BCUT2D eigenvalue weighted by Crippen LogP contribution is -2.28. The quantitative estimate of drug-likeness (QED) is 0.578. The first-order valence-corrected chi connectivity index (χ1v) is 5.74. The van der Waals surface area contributed by atoms with Crippen molar-refractivity contribution in [2.45, 2.75) is 13.8 Å². The molecule has 94 valence electrons. The van der Waals surface area contributed by atoms with E-state index in [2.05, 4.69) is 29.0 Å². The molecule has 1 rings (SSSR count). The summed E-state index contributed by atoms with van der Waals surface area (Å²) in [6.45, 7) is 8.05. The summed E-state index contributed by atoms with van der Waals surface area (Å²) in [5.74, 6) is -0.126. The first-order valence-electron chi connectivity index (χ1n) is 5.74. The van der Waals surface area contributed by atoms with Crippen LogP contribution in [0.4, 0.5) is 11.5 Å². The van der Waals surface area contributed by atoms with Crippen molar-refractivity contribution < 1.29 is 4.92 Å². The first kappa shape index (κ1) is 13.4. The molecule has 0 fully saturated rings. The van der Waals surface area contributed by atoms with Gasteiger partial charge in [-0.05, 0) is 29.1 Å². The van der Waals surface area contributed by atoms with E-state index in [1.807, 2.05) is 0 Å². The van der Waals surface area contributed by atoms with Crippen molar-refractivity contribution in [3.05, 3.63) is 28.4 Å². The van der Waals surface area contributed by atoms with Crippen LogP contribution < -0.4 is 5.32 Å². The first-order chi connectivity index (χ1) is 8.17. The smallest absolute Gasteiger partial charge is 0.363 e. The zero-order valence-electron chi connectivity index (χ0n) is 10.2. The van der Waals surface area contributed by atoms with Crippen LogP contribution in [0.5, 0.6) is 0 Å². The largest absolute Gasteiger partial charge is 0.381 e. The maximum Gasteiger partial charge on any atom is 0.363 e. The molecule has 6 heteroatoms. The molecule has 0 aliphatic carbocycles. The van der Waals surface area contributed by atoms with Crippen LogP contribution in [-0.4, -0.2) is 41.0 Å². The second-order valence-electron chi connectivity index (χ2n) is 3.62. The monoisotopic (exact) mass is 238 g/mol. The standard InChI is InChI=1S/C11H18N4O2/c1-3-14(4-2)8-7-12-10-5-6-11(13-9-10)15(16)17/h5-6,9,12H,3-4,7-8H2,1-2H3. The van der Waals surface area contributed by atoms with E-state index < -0.39 is 4.92 Å². The van der Waals surface area contributed by atoms with E-state index in [1.165, 1.54) is 12.3 Å². The minimum atomic E-state index is -0.500. The normalized spacial score (nSPS) is 10.5. The summed E-state index contributed by atoms with van der Waals surface area (Å²) in [7, 11) is 0. The van der Waals surface area contributed by atoms with Crippen LogP contribution in [0.1, 0.15) is 13.8 Å². The van der Waals surface area contributed by atoms with Crippen LogP contribution >= 0.6 is 0 Å². The van der Waals surface area contributed by atoms with Crippen molar-refractivity contribution in [3.8, 4) is 0 Å². The second-order valence-corrected chi connectivity index (χ2v) is 3.62. The van der Waals surface area contributed by atoms with Crippen LogP contribution in [0.15, 0.2) is 18.3 Å². The van der Waals surface area contributed by atoms with Gasteiger partial charge in [-0.1, -0.05) is 13.8 Å². The molecule has 1 aromatic rings. The summed E-state index contributed by atoms with van der Waals surface area (Å²) in [6, 6.07) is 3.08. The van der Waals surface area contributed by atoms with E-state index in [4.69, 9.17) is 0 Å². The number of nitro groups is 1. The molecule has 0 radical (unpaired) electrons. The summed E-state index contributed by atoms with van der Waals surface area (Å²) in [5, 5.41) is 13.6. The lowest BCUT2D eigenvalue weighted by molar-refractivity contribution is -0.389. The zero-order valence-corrected chi connectivity index (χ0v) is 10.2. The molecule has 1 aromatic heterocycles. The molecule has 17 heavy (non-hydrogen) atoms. The number of anilines is 1. The van der Waals surface area contributed by atoms with Crippen molar-refractivity contribution in [1.29, 1.82) is 0 Å². The van der Waals surface area contributed by atoms with Crippen molar-refractivity contribution in [1.82, 2.24) is 9.88 Å². The van der Waals surface area contributed by atoms with Crippen LogP contribution in [0.3, 0.4) is 0 Å². The maximum absolute atomic E-state index is 10.4. The Morgan fingerprint density at radius 1 is 1.41 bits per heavy atom. The number of nitrogens with one attached hydrogen (secondary N) is 1. The molecule has 0 aliphatic rings. The highest BCUT2D eigenvalue weighted by atomic mass is 16.6. The summed E-state index contributed by atoms with van der Waals surface area (Å²) >= 11 is 0. The van der Waals surface area contributed by atoms with Gasteiger partial charge in [-0.25, -0.2) is 0 Å². The second kappa shape index (κ2) is 6.80. The highest BCUT2D eigenvalue weighted by molar-refractivity contribution is 5.43. The van der Waals surface area contributed by atoms with E-state index in [-0.39, 0.29) is 5.82 Å². The Hall–Kier alpha value is -1.69. The van der Waals surface area contributed by atoms with Crippen LogP contribution in [0.25, 0.3) is 0 Å². The van der Waals surface area contributed by atoms with Gasteiger partial charge in [0.15, 0.2) is 6.20 Å². The van der Waals surface area contributed by atoms with E-state index in [1.54, 1.807) is 6.07 Å². The molecule has 0 saturated carbocycles. The Balaban J connectivity index is 2.39. The van der Waals surface area contributed by atoms with Gasteiger partial charge in [-0.2, -0.15) is 0 Å². The zero-order chi connectivity index (χ0) is 12.7. The lowest BCUT2D eigenvalue weighted by Gasteiger charge is -2.17. The average molecular weight is 238 g/mol. The van der Waals surface area contributed by atoms with Crippen LogP contribution in [0, 0.1) is 10.1 Å². The molecule has 0 spiro atoms. The molecule has 1 N–H and O–H groups in total. The Labute approximate surface area is 101 Å². The Bertz CT molecular complexity index is 349. The summed E-state index contributed by atoms with van der Waals surface area (Å²) in [4.78, 5) is 15.9. The van der Waals surface area contributed by atoms with Gasteiger partial charge in [0.1, 0.15) is 0 Å². The molecule has 0 atom stereocenters. The van der Waals surface area contributed by atoms with E-state index in [0.717, 1.165) is 31.9 Å². The average Bonchev–Trinajstić information content (AvgIpc) is 2.35. The number of aromatic nitrogens is 1. The third-order valence-corrected chi connectivity index (χ3v) is 2.59. The predicted octanol–water partition coefficient (Wildman–Crippen LogP) is 1.74. The summed E-state index contributed by atoms with van der Waals surface area (Å²) in [5.41, 5.74) is 0.808. The minimum absolute atomic E-state index is 0.126. The SMILES string of the molecule is CCN(CC)CCNc1ccc([N+](=O)[O-])nc1. The number of rotatable bonds is 7. The number of nitrogens with zero attached hydrogens (tertiary/aromatic N) is 3. The number of hydrogen-bond acceptors (Lipinski definition) is 5. The molecular weight excluding hydrogens is 220 g/mol. The Kier molecular flexibility index (Phi) is 5.35. The van der Waals surface area contributed by atoms with Gasteiger partial charge in [0, 0.05) is 19.2 Å². The highest BCUT2D eigenvalue weighted by Crippen LogP contribution is 2.10. The van der Waals surface area contributed by atoms with Gasteiger partial charge >= 0.3 is 5.82 Å². The molecular formula is C11H18N4O2. The number of likely N-dealkylation sites (N-methyl/N-ethyl adjacent to an activating group) is 1. The summed E-state index contributed by atoms with van der Waals surface area (Å²) < 4.78 is 0. The minimum Gasteiger partial charge on any atom is -0.381 e. The molecule has 0 unspecified atom stereocenters. The molecule has 0 amide bonds. The van der Waals surface area contributed by atoms with Gasteiger partial charge in [0.2, 0.25) is 0 Å². The van der Waals surface area contributed by atoms with Crippen LogP contribution in [-0.2, 0) is 0 Å². The fraction of sp³-hybridized carbons (Fsp3) is 0.545. The van der Waals surface area contributed by atoms with Gasteiger partial charge in [-0.3, -0.25) is 0 Å². The summed E-state index contributed by atoms with van der Waals surface area (Å²) in [6.07, 6.45) is 1.49. The third-order valence-electron chi connectivity index (χ3n) is 2.59. The molecule has 0 aliphatic heterocycles. The maximum atomic E-state index is 10.4. The number of pyridine rings is 1. The van der Waals surface area contributed by atoms with E-state index >= 15 is 0 Å². The molecule has 0 saturated heterocycles. The molecule has 1 heterocycles. The van der Waals surface area contributed by atoms with Gasteiger partial charge in [0.05, 0.1) is 5.69 Å². The van der Waals surface area contributed by atoms with Crippen molar-refractivity contribution in [2.24, 2.45) is 0 Å². The fourth-order valence-corrected chi connectivity index (χ4v) is 1.50. The molecule has 0 aromatic carbocycles. The van der Waals surface area contributed by atoms with E-state index in [9.17, 15) is 10.1 Å². The van der Waals surface area contributed by atoms with Crippen molar-refractivity contribution in [3.63, 3.8) is 0 Å². The number of hydrogen-bond donors (Lipinski definition) is 1. The highest BCUT2D eigenvalue weighted by Gasteiger charge is 2.05. The van der Waals surface area contributed by atoms with Gasteiger partial charge < -0.3 is 20.3 Å². The fourth-order valence-electron chi connectivity index (χ4n) is 1.50. The predicted molar refractivity (Wildman–Crippen MR) is 67.2 cm³/mol. The Morgan fingerprint density at radius 3 is 2.59 bits per heavy atom. The lowest BCUT2D eigenvalue weighted by atomic mass is 10.4. The van der Waals surface area contributed by atoms with Gasteiger partial charge in [-0.15, -0.1) is 0 Å². The molecule has 0 bridgehead atoms.